The molecular weight excluding hydrogens is 369 g/mol. The SMILES string of the molecule is C1=CC(C(=NCc2ccccc2)c2ccccc2)=CI=C1. The van der Waals surface area contributed by atoms with E-state index in [2.05, 4.69) is 68.8 Å². The molecule has 0 N–H and O–H groups in total. The first kappa shape index (κ1) is 14.1. The molecule has 0 aromatic heterocycles. The van der Waals surface area contributed by atoms with Crippen molar-refractivity contribution >= 4 is 30.5 Å². The number of hydrogen-bond acceptors (Lipinski definition) is 1. The van der Waals surface area contributed by atoms with Gasteiger partial charge in [-0.05, 0) is 13.7 Å². The largest absolute Gasteiger partial charge is 0.279 e. The molecule has 0 radical (unpaired) electrons. The molecule has 0 amide bonds. The Bertz CT molecular complexity index is 710. The summed E-state index contributed by atoms with van der Waals surface area (Å²) in [6.45, 7) is 0.721. The van der Waals surface area contributed by atoms with Gasteiger partial charge in [-0.1, -0.05) is 93.5 Å². The molecule has 0 unspecified atom stereocenters. The zero-order valence-electron chi connectivity index (χ0n) is 11.6. The number of aliphatic imine (C=N–C) groups is 1. The highest BCUT2D eigenvalue weighted by atomic mass is 127. The molecule has 2 aromatic carbocycles. The maximum absolute atomic E-state index is 4.89. The van der Waals surface area contributed by atoms with Crippen LogP contribution in [0.4, 0.5) is 0 Å². The van der Waals surface area contributed by atoms with Crippen LogP contribution in [-0.2, 0) is 6.54 Å². The Kier molecular flexibility index (Phi) is 4.90. The zero-order valence-corrected chi connectivity index (χ0v) is 13.8. The Morgan fingerprint density at radius 1 is 0.905 bits per heavy atom. The molecule has 104 valence electrons. The lowest BCUT2D eigenvalue weighted by molar-refractivity contribution is 1.07. The van der Waals surface area contributed by atoms with Gasteiger partial charge in [0.05, 0.1) is 12.3 Å². The van der Waals surface area contributed by atoms with Crippen LogP contribution in [0.25, 0.3) is 0 Å². The van der Waals surface area contributed by atoms with Gasteiger partial charge in [0.1, 0.15) is 0 Å². The average Bonchev–Trinajstić information content (AvgIpc) is 2.58. The van der Waals surface area contributed by atoms with Crippen molar-refractivity contribution in [2.75, 3.05) is 0 Å². The fourth-order valence-electron chi connectivity index (χ4n) is 2.15. The molecule has 2 heteroatoms. The molecule has 0 atom stereocenters. The maximum atomic E-state index is 4.89. The fraction of sp³-hybridized carbons (Fsp3) is 0.0526. The number of allylic oxidation sites excluding steroid dienone is 3. The molecular formula is C19H16IN. The van der Waals surface area contributed by atoms with Crippen molar-refractivity contribution in [3.8, 4) is 0 Å². The van der Waals surface area contributed by atoms with Crippen LogP contribution in [0.3, 0.4) is 0 Å². The molecule has 0 saturated carbocycles. The van der Waals surface area contributed by atoms with Crippen LogP contribution in [-0.4, -0.2) is 9.72 Å². The van der Waals surface area contributed by atoms with E-state index in [4.69, 9.17) is 4.99 Å². The van der Waals surface area contributed by atoms with Gasteiger partial charge < -0.3 is 0 Å². The number of benzene rings is 2. The van der Waals surface area contributed by atoms with Crippen molar-refractivity contribution < 1.29 is 0 Å². The highest BCUT2D eigenvalue weighted by molar-refractivity contribution is 14.2. The third kappa shape index (κ3) is 3.85. The number of halogens is 1. The lowest BCUT2D eigenvalue weighted by atomic mass is 10.0. The lowest BCUT2D eigenvalue weighted by Gasteiger charge is -2.09. The molecule has 21 heavy (non-hydrogen) atoms. The Hall–Kier alpha value is -1.81. The zero-order chi connectivity index (χ0) is 14.3. The molecule has 0 aliphatic carbocycles. The molecule has 3 rings (SSSR count). The summed E-state index contributed by atoms with van der Waals surface area (Å²) in [6.07, 6.45) is 4.32. The normalized spacial score (nSPS) is 14.5. The number of rotatable bonds is 4. The summed E-state index contributed by atoms with van der Waals surface area (Å²) in [5, 5.41) is 0. The van der Waals surface area contributed by atoms with Crippen molar-refractivity contribution in [3.05, 3.63) is 93.6 Å². The van der Waals surface area contributed by atoms with Gasteiger partial charge in [-0.25, -0.2) is 0 Å². The average molecular weight is 385 g/mol. The Morgan fingerprint density at radius 2 is 1.62 bits per heavy atom. The third-order valence-corrected chi connectivity index (χ3v) is 5.05. The second kappa shape index (κ2) is 7.27. The van der Waals surface area contributed by atoms with Crippen molar-refractivity contribution in [1.82, 2.24) is 0 Å². The van der Waals surface area contributed by atoms with Crippen LogP contribution in [0.15, 0.2) is 87.5 Å². The molecule has 0 bridgehead atoms. The van der Waals surface area contributed by atoms with Crippen LogP contribution in [0, 0.1) is 0 Å². The maximum Gasteiger partial charge on any atom is 0.0727 e. The van der Waals surface area contributed by atoms with Crippen molar-refractivity contribution in [2.45, 2.75) is 6.54 Å². The molecule has 1 aliphatic heterocycles. The van der Waals surface area contributed by atoms with Crippen molar-refractivity contribution in [2.24, 2.45) is 4.99 Å². The summed E-state index contributed by atoms with van der Waals surface area (Å²) < 4.78 is 4.61. The van der Waals surface area contributed by atoms with E-state index in [0.717, 1.165) is 12.3 Å². The van der Waals surface area contributed by atoms with E-state index >= 15 is 0 Å². The minimum absolute atomic E-state index is 0.0277. The molecule has 0 saturated heterocycles. The van der Waals surface area contributed by atoms with Crippen LogP contribution in [0.5, 0.6) is 0 Å². The Labute approximate surface area is 135 Å². The van der Waals surface area contributed by atoms with E-state index in [1.807, 2.05) is 12.1 Å². The Balaban J connectivity index is 1.95. The van der Waals surface area contributed by atoms with E-state index in [9.17, 15) is 0 Å². The minimum Gasteiger partial charge on any atom is -0.279 e. The van der Waals surface area contributed by atoms with Crippen LogP contribution >= 0.6 is 20.7 Å². The van der Waals surface area contributed by atoms with Gasteiger partial charge in [-0.2, -0.15) is 0 Å². The van der Waals surface area contributed by atoms with Gasteiger partial charge in [-0.3, -0.25) is 4.99 Å². The first-order valence-electron chi connectivity index (χ1n) is 6.90. The van der Waals surface area contributed by atoms with Crippen molar-refractivity contribution in [1.29, 1.82) is 0 Å². The second-order valence-electron chi connectivity index (χ2n) is 4.69. The summed E-state index contributed by atoms with van der Waals surface area (Å²) in [7, 11) is 0. The van der Waals surface area contributed by atoms with E-state index in [-0.39, 0.29) is 20.7 Å². The van der Waals surface area contributed by atoms with Crippen LogP contribution in [0.1, 0.15) is 11.1 Å². The standard InChI is InChI=1S/C19H16IN/c1-3-8-16(9-4-1)15-21-19(17-10-5-2-6-11-17)18-12-7-13-20-14-18/h1-14H,15H2. The van der Waals surface area contributed by atoms with Gasteiger partial charge in [0.25, 0.3) is 0 Å². The number of hydrogen-bond donors (Lipinski definition) is 0. The topological polar surface area (TPSA) is 12.4 Å². The first-order chi connectivity index (χ1) is 10.4. The smallest absolute Gasteiger partial charge is 0.0727 e. The molecule has 1 aliphatic rings. The molecule has 2 aromatic rings. The van der Waals surface area contributed by atoms with Gasteiger partial charge in [0.15, 0.2) is 0 Å². The third-order valence-electron chi connectivity index (χ3n) is 3.19. The predicted octanol–water partition coefficient (Wildman–Crippen LogP) is 4.90. The quantitative estimate of drug-likeness (QED) is 0.524. The highest BCUT2D eigenvalue weighted by Gasteiger charge is 2.08. The van der Waals surface area contributed by atoms with Gasteiger partial charge in [-0.15, -0.1) is 0 Å². The van der Waals surface area contributed by atoms with Crippen LogP contribution < -0.4 is 0 Å². The monoisotopic (exact) mass is 385 g/mol. The fourth-order valence-corrected chi connectivity index (χ4v) is 3.70. The van der Waals surface area contributed by atoms with Gasteiger partial charge in [0.2, 0.25) is 0 Å². The summed E-state index contributed by atoms with van der Waals surface area (Å²) in [6, 6.07) is 20.9. The first-order valence-corrected chi connectivity index (χ1v) is 9.39. The van der Waals surface area contributed by atoms with Gasteiger partial charge >= 0.3 is 0 Å². The molecule has 0 spiro atoms. The van der Waals surface area contributed by atoms with E-state index in [0.29, 0.717) is 0 Å². The van der Waals surface area contributed by atoms with Crippen LogP contribution in [0.2, 0.25) is 0 Å². The Morgan fingerprint density at radius 3 is 2.29 bits per heavy atom. The highest BCUT2D eigenvalue weighted by Crippen LogP contribution is 2.18. The van der Waals surface area contributed by atoms with Gasteiger partial charge in [0, 0.05) is 11.1 Å². The molecule has 1 nitrogen and oxygen atoms in total. The summed E-state index contributed by atoms with van der Waals surface area (Å²) >= 11 is 0.0277. The molecule has 0 fully saturated rings. The predicted molar refractivity (Wildman–Crippen MR) is 100 cm³/mol. The minimum atomic E-state index is 0.0277. The van der Waals surface area contributed by atoms with E-state index in [1.165, 1.54) is 16.7 Å². The molecule has 1 heterocycles. The van der Waals surface area contributed by atoms with E-state index in [1.54, 1.807) is 0 Å². The van der Waals surface area contributed by atoms with Crippen molar-refractivity contribution in [3.63, 3.8) is 0 Å². The lowest BCUT2D eigenvalue weighted by Crippen LogP contribution is -2.05. The summed E-state index contributed by atoms with van der Waals surface area (Å²) in [4.78, 5) is 4.89. The second-order valence-corrected chi connectivity index (χ2v) is 6.75. The number of nitrogens with zero attached hydrogens (tertiary/aromatic N) is 1. The summed E-state index contributed by atoms with van der Waals surface area (Å²) in [5.74, 6) is 0. The van der Waals surface area contributed by atoms with E-state index < -0.39 is 0 Å². The summed E-state index contributed by atoms with van der Waals surface area (Å²) in [5.41, 5.74) is 4.79.